The van der Waals surface area contributed by atoms with Crippen LogP contribution in [-0.4, -0.2) is 17.9 Å². The Morgan fingerprint density at radius 3 is 2.67 bits per heavy atom. The standard InChI is InChI=1S/C13H14N4O/c1-17(9-4-3-7-16-8-9)12-10(13(15)18)5-2-6-11(12)14/h2-8H,14H2,1H3,(H2,15,18). The number of carbonyl (C=O) groups is 1. The molecule has 0 fully saturated rings. The van der Waals surface area contributed by atoms with Gasteiger partial charge in [-0.25, -0.2) is 0 Å². The van der Waals surface area contributed by atoms with Crippen molar-refractivity contribution < 1.29 is 4.79 Å². The third kappa shape index (κ3) is 2.10. The Balaban J connectivity index is 2.54. The fourth-order valence-corrected chi connectivity index (χ4v) is 1.82. The summed E-state index contributed by atoms with van der Waals surface area (Å²) in [5.74, 6) is -0.506. The topological polar surface area (TPSA) is 85.2 Å². The Labute approximate surface area is 105 Å². The van der Waals surface area contributed by atoms with E-state index in [1.165, 1.54) is 0 Å². The fourth-order valence-electron chi connectivity index (χ4n) is 1.82. The second-order valence-corrected chi connectivity index (χ2v) is 3.88. The molecule has 1 amide bonds. The molecule has 0 atom stereocenters. The molecule has 18 heavy (non-hydrogen) atoms. The van der Waals surface area contributed by atoms with Gasteiger partial charge in [0.15, 0.2) is 0 Å². The molecule has 0 spiro atoms. The van der Waals surface area contributed by atoms with Crippen LogP contribution in [0.15, 0.2) is 42.7 Å². The molecule has 5 heteroatoms. The number of carbonyl (C=O) groups excluding carboxylic acids is 1. The summed E-state index contributed by atoms with van der Waals surface area (Å²) in [6.07, 6.45) is 3.37. The van der Waals surface area contributed by atoms with Gasteiger partial charge in [-0.1, -0.05) is 6.07 Å². The molecular weight excluding hydrogens is 228 g/mol. The number of anilines is 3. The summed E-state index contributed by atoms with van der Waals surface area (Å²) in [5.41, 5.74) is 13.6. The maximum absolute atomic E-state index is 11.4. The molecule has 0 aliphatic heterocycles. The molecule has 0 unspecified atom stereocenters. The van der Waals surface area contributed by atoms with Crippen molar-refractivity contribution in [2.75, 3.05) is 17.7 Å². The summed E-state index contributed by atoms with van der Waals surface area (Å²) in [4.78, 5) is 17.3. The SMILES string of the molecule is CN(c1cccnc1)c1c(N)cccc1C(N)=O. The number of nitrogens with zero attached hydrogens (tertiary/aromatic N) is 2. The van der Waals surface area contributed by atoms with Crippen LogP contribution >= 0.6 is 0 Å². The predicted molar refractivity (Wildman–Crippen MR) is 71.7 cm³/mol. The van der Waals surface area contributed by atoms with Crippen molar-refractivity contribution in [2.24, 2.45) is 5.73 Å². The molecule has 5 nitrogen and oxygen atoms in total. The number of benzene rings is 1. The maximum Gasteiger partial charge on any atom is 0.250 e. The molecular formula is C13H14N4O. The first-order valence-electron chi connectivity index (χ1n) is 5.43. The van der Waals surface area contributed by atoms with Gasteiger partial charge in [-0.2, -0.15) is 0 Å². The van der Waals surface area contributed by atoms with Gasteiger partial charge in [0.2, 0.25) is 0 Å². The molecule has 0 aliphatic rings. The lowest BCUT2D eigenvalue weighted by Crippen LogP contribution is -2.20. The van der Waals surface area contributed by atoms with Crippen LogP contribution in [0.5, 0.6) is 0 Å². The maximum atomic E-state index is 11.4. The van der Waals surface area contributed by atoms with Gasteiger partial charge in [-0.15, -0.1) is 0 Å². The Kier molecular flexibility index (Phi) is 3.14. The molecule has 1 aromatic carbocycles. The van der Waals surface area contributed by atoms with Crippen LogP contribution in [-0.2, 0) is 0 Å². The Morgan fingerprint density at radius 1 is 1.28 bits per heavy atom. The normalized spacial score (nSPS) is 10.1. The zero-order chi connectivity index (χ0) is 13.1. The van der Waals surface area contributed by atoms with Crippen molar-refractivity contribution in [3.8, 4) is 0 Å². The van der Waals surface area contributed by atoms with E-state index in [2.05, 4.69) is 4.98 Å². The Morgan fingerprint density at radius 2 is 2.06 bits per heavy atom. The summed E-state index contributed by atoms with van der Waals surface area (Å²) in [7, 11) is 1.81. The third-order valence-corrected chi connectivity index (χ3v) is 2.70. The van der Waals surface area contributed by atoms with Crippen LogP contribution in [0.3, 0.4) is 0 Å². The molecule has 2 aromatic rings. The van der Waals surface area contributed by atoms with Crippen LogP contribution in [0.25, 0.3) is 0 Å². The van der Waals surface area contributed by atoms with Crippen molar-refractivity contribution in [3.63, 3.8) is 0 Å². The lowest BCUT2D eigenvalue weighted by atomic mass is 10.1. The summed E-state index contributed by atoms with van der Waals surface area (Å²) in [6.45, 7) is 0. The predicted octanol–water partition coefficient (Wildman–Crippen LogP) is 1.53. The monoisotopic (exact) mass is 242 g/mol. The van der Waals surface area contributed by atoms with Crippen molar-refractivity contribution >= 4 is 23.0 Å². The smallest absolute Gasteiger partial charge is 0.250 e. The molecule has 1 aromatic heterocycles. The first kappa shape index (κ1) is 11.9. The van der Waals surface area contributed by atoms with Gasteiger partial charge < -0.3 is 16.4 Å². The van der Waals surface area contributed by atoms with Crippen molar-refractivity contribution in [2.45, 2.75) is 0 Å². The number of nitrogen functional groups attached to an aromatic ring is 1. The van der Waals surface area contributed by atoms with Crippen LogP contribution in [0.1, 0.15) is 10.4 Å². The van der Waals surface area contributed by atoms with E-state index in [0.717, 1.165) is 5.69 Å². The number of rotatable bonds is 3. The molecule has 0 saturated carbocycles. The molecule has 92 valence electrons. The van der Waals surface area contributed by atoms with Crippen LogP contribution < -0.4 is 16.4 Å². The summed E-state index contributed by atoms with van der Waals surface area (Å²) >= 11 is 0. The molecule has 0 radical (unpaired) electrons. The second-order valence-electron chi connectivity index (χ2n) is 3.88. The largest absolute Gasteiger partial charge is 0.397 e. The van der Waals surface area contributed by atoms with Crippen molar-refractivity contribution in [1.82, 2.24) is 4.98 Å². The van der Waals surface area contributed by atoms with Crippen LogP contribution in [0, 0.1) is 0 Å². The molecule has 0 aliphatic carbocycles. The lowest BCUT2D eigenvalue weighted by molar-refractivity contribution is 0.100. The Bertz CT molecular complexity index is 568. The van der Waals surface area contributed by atoms with E-state index in [0.29, 0.717) is 16.9 Å². The quantitative estimate of drug-likeness (QED) is 0.799. The highest BCUT2D eigenvalue weighted by Gasteiger charge is 2.15. The minimum absolute atomic E-state index is 0.390. The van der Waals surface area contributed by atoms with Crippen molar-refractivity contribution in [1.29, 1.82) is 0 Å². The molecule has 2 rings (SSSR count). The zero-order valence-corrected chi connectivity index (χ0v) is 10.00. The summed E-state index contributed by atoms with van der Waals surface area (Å²) in [5, 5.41) is 0. The summed E-state index contributed by atoms with van der Waals surface area (Å²) < 4.78 is 0. The first-order valence-corrected chi connectivity index (χ1v) is 5.43. The highest BCUT2D eigenvalue weighted by Crippen LogP contribution is 2.31. The average molecular weight is 242 g/mol. The van der Waals surface area contributed by atoms with Gasteiger partial charge in [0.1, 0.15) is 0 Å². The van der Waals surface area contributed by atoms with E-state index < -0.39 is 5.91 Å². The number of pyridine rings is 1. The number of primary amides is 1. The first-order chi connectivity index (χ1) is 8.61. The van der Waals surface area contributed by atoms with Gasteiger partial charge in [0.05, 0.1) is 28.8 Å². The van der Waals surface area contributed by atoms with Gasteiger partial charge in [-0.3, -0.25) is 9.78 Å². The van der Waals surface area contributed by atoms with Gasteiger partial charge in [0, 0.05) is 13.2 Å². The highest BCUT2D eigenvalue weighted by molar-refractivity contribution is 6.02. The van der Waals surface area contributed by atoms with E-state index in [1.54, 1.807) is 35.5 Å². The number of nitrogens with two attached hydrogens (primary N) is 2. The zero-order valence-electron chi connectivity index (χ0n) is 10.00. The third-order valence-electron chi connectivity index (χ3n) is 2.70. The van der Waals surface area contributed by atoms with Gasteiger partial charge in [0.25, 0.3) is 5.91 Å². The number of hydrogen-bond donors (Lipinski definition) is 2. The molecule has 1 heterocycles. The van der Waals surface area contributed by atoms with E-state index in [1.807, 2.05) is 19.2 Å². The van der Waals surface area contributed by atoms with Gasteiger partial charge in [-0.05, 0) is 24.3 Å². The number of amides is 1. The lowest BCUT2D eigenvalue weighted by Gasteiger charge is -2.22. The van der Waals surface area contributed by atoms with Crippen LogP contribution in [0.2, 0.25) is 0 Å². The second kappa shape index (κ2) is 4.75. The number of para-hydroxylation sites is 1. The van der Waals surface area contributed by atoms with E-state index in [4.69, 9.17) is 11.5 Å². The summed E-state index contributed by atoms with van der Waals surface area (Å²) in [6, 6.07) is 8.78. The number of aromatic nitrogens is 1. The number of hydrogen-bond acceptors (Lipinski definition) is 4. The molecule has 4 N–H and O–H groups in total. The Hall–Kier alpha value is -2.56. The van der Waals surface area contributed by atoms with E-state index in [9.17, 15) is 4.79 Å². The van der Waals surface area contributed by atoms with Gasteiger partial charge >= 0.3 is 0 Å². The van der Waals surface area contributed by atoms with E-state index in [-0.39, 0.29) is 0 Å². The minimum Gasteiger partial charge on any atom is -0.397 e. The van der Waals surface area contributed by atoms with Crippen molar-refractivity contribution in [3.05, 3.63) is 48.3 Å². The highest BCUT2D eigenvalue weighted by atomic mass is 16.1. The average Bonchev–Trinajstić information content (AvgIpc) is 2.38. The van der Waals surface area contributed by atoms with E-state index >= 15 is 0 Å². The minimum atomic E-state index is -0.506. The van der Waals surface area contributed by atoms with Crippen LogP contribution in [0.4, 0.5) is 17.1 Å². The fraction of sp³-hybridized carbons (Fsp3) is 0.0769. The molecule has 0 bridgehead atoms. The molecule has 0 saturated heterocycles.